The molecule has 14 N–H and O–H groups in total. The average Bonchev–Trinajstić information content (AvgIpc) is 4.04. The van der Waals surface area contributed by atoms with Gasteiger partial charge in [0.05, 0.1) is 38.3 Å². The number of imidazole rings is 1. The van der Waals surface area contributed by atoms with Crippen LogP contribution in [0.15, 0.2) is 12.5 Å². The highest BCUT2D eigenvalue weighted by Gasteiger charge is 2.45. The number of rotatable bonds is 23. The fraction of sp³-hybridized carbons (Fsp3) is 0.684. The summed E-state index contributed by atoms with van der Waals surface area (Å²) >= 11 is 0. The number of nitrogens with one attached hydrogen (secondary N) is 7. The minimum absolute atomic E-state index is 0.0870. The molecule has 25 nitrogen and oxygen atoms in total. The Morgan fingerprint density at radius 3 is 1.75 bits per heavy atom. The maximum Gasteiger partial charge on any atom is 0.328 e. The number of carbonyl (C=O) groups excluding carboxylic acids is 8. The summed E-state index contributed by atoms with van der Waals surface area (Å²) in [5, 5.41) is 62.5. The number of hydrogen-bond acceptors (Lipinski definition) is 15. The monoisotopic (exact) mass is 895 g/mol. The number of carboxylic acids is 1. The van der Waals surface area contributed by atoms with Crippen LogP contribution in [0.1, 0.15) is 65.5 Å². The zero-order valence-corrected chi connectivity index (χ0v) is 35.6. The van der Waals surface area contributed by atoms with Crippen LogP contribution < -0.4 is 37.6 Å². The number of nitrogens with zero attached hydrogens (tertiary/aromatic N) is 3. The molecule has 0 unspecified atom stereocenters. The highest BCUT2D eigenvalue weighted by Crippen LogP contribution is 2.26. The van der Waals surface area contributed by atoms with Crippen LogP contribution in [0.5, 0.6) is 0 Å². The van der Waals surface area contributed by atoms with E-state index in [-0.39, 0.29) is 44.7 Å². The second kappa shape index (κ2) is 24.2. The average molecular weight is 896 g/mol. The minimum Gasteiger partial charge on any atom is -0.480 e. The number of hydrogen-bond donors (Lipinski definition) is 13. The number of H-pyrrole nitrogens is 1. The summed E-state index contributed by atoms with van der Waals surface area (Å²) in [6, 6.07) is -12.4. The quantitative estimate of drug-likeness (QED) is 0.0486. The Morgan fingerprint density at radius 2 is 1.24 bits per heavy atom. The van der Waals surface area contributed by atoms with Crippen molar-refractivity contribution in [2.75, 3.05) is 32.9 Å². The van der Waals surface area contributed by atoms with Gasteiger partial charge in [-0.15, -0.1) is 0 Å². The lowest BCUT2D eigenvalue weighted by atomic mass is 10.0. The van der Waals surface area contributed by atoms with E-state index in [0.717, 1.165) is 0 Å². The molecule has 1 aromatic heterocycles. The molecule has 3 rings (SSSR count). The van der Waals surface area contributed by atoms with Gasteiger partial charge in [-0.25, -0.2) is 9.78 Å². The van der Waals surface area contributed by atoms with Crippen LogP contribution in [0.3, 0.4) is 0 Å². The normalized spacial score (nSPS) is 20.0. The van der Waals surface area contributed by atoms with Gasteiger partial charge in [0.25, 0.3) is 0 Å². The lowest BCUT2D eigenvalue weighted by molar-refractivity contribution is -0.148. The molecule has 0 spiro atoms. The topological polar surface area (TPSA) is 388 Å². The Morgan fingerprint density at radius 1 is 0.714 bits per heavy atom. The molecule has 3 heterocycles. The molecular weight excluding hydrogens is 834 g/mol. The maximum atomic E-state index is 14.3. The number of aromatic nitrogens is 2. The molecule has 0 aliphatic carbocycles. The van der Waals surface area contributed by atoms with Gasteiger partial charge in [0.2, 0.25) is 47.3 Å². The number of aliphatic hydroxyl groups excluding tert-OH is 4. The smallest absolute Gasteiger partial charge is 0.328 e. The molecule has 63 heavy (non-hydrogen) atoms. The fourth-order valence-electron chi connectivity index (χ4n) is 7.11. The molecule has 2 saturated heterocycles. The van der Waals surface area contributed by atoms with Gasteiger partial charge >= 0.3 is 5.97 Å². The summed E-state index contributed by atoms with van der Waals surface area (Å²) in [7, 11) is 0. The zero-order valence-electron chi connectivity index (χ0n) is 35.6. The molecule has 10 atom stereocenters. The molecule has 0 aromatic carbocycles. The Bertz CT molecular complexity index is 1780. The Labute approximate surface area is 362 Å². The standard InChI is InChI=1S/C38H61N11O14/c1-18(2)11-23(43-32(56)25(15-51)45-35(59)29(20(4)53)47-30(54)19(3)39)36(60)49-10-6-8-28(49)37(61)48-9-5-7-27(48)34(58)42-22(12-21-13-40-17-41-21)31(55)44-24(14-50)33(57)46-26(16-52)38(62)63/h13,17-20,22-29,50-53H,5-12,14-16,39H2,1-4H3,(H,40,41)(H,42,58)(H,43,56)(H,44,55)(H,45,59)(H,46,57)(H,47,54)(H,62,63)/t19-,20+,22-,23-,24-,25-,26-,27-,28-,29-/m0/s1. The summed E-state index contributed by atoms with van der Waals surface area (Å²) in [4.78, 5) is 128. The molecule has 2 fully saturated rings. The molecule has 0 saturated carbocycles. The minimum atomic E-state index is -1.72. The number of aromatic amines is 1. The summed E-state index contributed by atoms with van der Waals surface area (Å²) in [6.45, 7) is 3.54. The zero-order chi connectivity index (χ0) is 47.1. The number of aliphatic hydroxyl groups is 4. The molecular formula is C38H61N11O14. The van der Waals surface area contributed by atoms with Crippen LogP contribution in [-0.2, 0) is 49.6 Å². The van der Waals surface area contributed by atoms with Gasteiger partial charge < -0.3 is 78.0 Å². The first-order valence-electron chi connectivity index (χ1n) is 20.6. The molecule has 25 heteroatoms. The Balaban J connectivity index is 1.77. The number of aliphatic carboxylic acids is 1. The lowest BCUT2D eigenvalue weighted by Crippen LogP contribution is -2.61. The third-order valence-corrected chi connectivity index (χ3v) is 10.5. The predicted octanol–water partition coefficient (Wildman–Crippen LogP) is -6.32. The summed E-state index contributed by atoms with van der Waals surface area (Å²) < 4.78 is 0. The van der Waals surface area contributed by atoms with Crippen LogP contribution in [0.4, 0.5) is 0 Å². The van der Waals surface area contributed by atoms with Gasteiger partial charge in [0.1, 0.15) is 48.3 Å². The lowest BCUT2D eigenvalue weighted by Gasteiger charge is -2.34. The van der Waals surface area contributed by atoms with Gasteiger partial charge in [-0.2, -0.15) is 0 Å². The molecule has 8 amide bonds. The number of amides is 8. The number of nitrogens with two attached hydrogens (primary N) is 1. The SMILES string of the molecule is CC(C)C[C@H](NC(=O)[C@H](CO)NC(=O)[C@@H](NC(=O)[C@H](C)N)[C@@H](C)O)C(=O)N1CCC[C@H]1C(=O)N1CCC[C@H]1C(=O)N[C@@H](Cc1cnc[nH]1)C(=O)N[C@@H](CO)C(=O)N[C@@H](CO)C(=O)O. The van der Waals surface area contributed by atoms with E-state index >= 15 is 0 Å². The first kappa shape index (κ1) is 51.6. The van der Waals surface area contributed by atoms with Crippen molar-refractivity contribution < 1.29 is 68.7 Å². The summed E-state index contributed by atoms with van der Waals surface area (Å²) in [5.74, 6) is -8.47. The van der Waals surface area contributed by atoms with Crippen molar-refractivity contribution >= 4 is 53.2 Å². The van der Waals surface area contributed by atoms with Gasteiger partial charge in [0, 0.05) is 31.4 Å². The Kier molecular flexibility index (Phi) is 19.8. The van der Waals surface area contributed by atoms with E-state index in [9.17, 15) is 68.7 Å². The van der Waals surface area contributed by atoms with Gasteiger partial charge in [-0.3, -0.25) is 38.4 Å². The van der Waals surface area contributed by atoms with Crippen molar-refractivity contribution in [3.05, 3.63) is 18.2 Å². The highest BCUT2D eigenvalue weighted by atomic mass is 16.4. The van der Waals surface area contributed by atoms with Crippen molar-refractivity contribution in [1.82, 2.24) is 51.7 Å². The molecule has 1 aromatic rings. The summed E-state index contributed by atoms with van der Waals surface area (Å²) in [6.07, 6.45) is 2.37. The van der Waals surface area contributed by atoms with Crippen molar-refractivity contribution in [3.8, 4) is 0 Å². The predicted molar refractivity (Wildman–Crippen MR) is 217 cm³/mol. The Hall–Kier alpha value is -5.76. The third kappa shape index (κ3) is 14.4. The maximum absolute atomic E-state index is 14.3. The molecule has 2 aliphatic rings. The highest BCUT2D eigenvalue weighted by molar-refractivity contribution is 5.98. The van der Waals surface area contributed by atoms with Crippen molar-refractivity contribution in [3.63, 3.8) is 0 Å². The number of carboxylic acid groups (broad SMARTS) is 1. The van der Waals surface area contributed by atoms with E-state index in [1.165, 1.54) is 36.2 Å². The largest absolute Gasteiger partial charge is 0.480 e. The van der Waals surface area contributed by atoms with Crippen LogP contribution in [0.2, 0.25) is 0 Å². The van der Waals surface area contributed by atoms with Crippen LogP contribution in [0.25, 0.3) is 0 Å². The van der Waals surface area contributed by atoms with E-state index in [4.69, 9.17) is 5.73 Å². The first-order chi connectivity index (χ1) is 29.7. The van der Waals surface area contributed by atoms with E-state index < -0.39 is 134 Å². The molecule has 352 valence electrons. The molecule has 0 radical (unpaired) electrons. The second-order valence-corrected chi connectivity index (χ2v) is 16.0. The number of carbonyl (C=O) groups is 9. The van der Waals surface area contributed by atoms with Crippen molar-refractivity contribution in [1.29, 1.82) is 0 Å². The van der Waals surface area contributed by atoms with Gasteiger partial charge in [-0.05, 0) is 51.9 Å². The molecule has 0 bridgehead atoms. The molecule has 2 aliphatic heterocycles. The second-order valence-electron chi connectivity index (χ2n) is 16.0. The van der Waals surface area contributed by atoms with E-state index in [2.05, 4.69) is 36.6 Å². The van der Waals surface area contributed by atoms with Crippen LogP contribution in [0, 0.1) is 5.92 Å². The number of likely N-dealkylation sites (tertiary alicyclic amines) is 2. The summed E-state index contributed by atoms with van der Waals surface area (Å²) in [5.41, 5.74) is 5.94. The van der Waals surface area contributed by atoms with Gasteiger partial charge in [0.15, 0.2) is 0 Å². The van der Waals surface area contributed by atoms with Gasteiger partial charge in [-0.1, -0.05) is 13.8 Å². The van der Waals surface area contributed by atoms with E-state index in [0.29, 0.717) is 18.5 Å². The first-order valence-corrected chi connectivity index (χ1v) is 20.6. The third-order valence-electron chi connectivity index (χ3n) is 10.5. The van der Waals surface area contributed by atoms with Crippen molar-refractivity contribution in [2.45, 2.75) is 127 Å². The van der Waals surface area contributed by atoms with Crippen LogP contribution >= 0.6 is 0 Å². The van der Waals surface area contributed by atoms with Crippen molar-refractivity contribution in [2.24, 2.45) is 11.7 Å². The van der Waals surface area contributed by atoms with E-state index in [1.54, 1.807) is 13.8 Å². The fourth-order valence-corrected chi connectivity index (χ4v) is 7.11. The van der Waals surface area contributed by atoms with E-state index in [1.807, 2.05) is 5.32 Å². The van der Waals surface area contributed by atoms with Crippen LogP contribution in [-0.4, -0.2) is 192 Å².